The molecule has 3 aromatic rings. The van der Waals surface area contributed by atoms with E-state index < -0.39 is 50.7 Å². The maximum absolute atomic E-state index is 14.3. The second-order valence-electron chi connectivity index (χ2n) is 6.21. The Balaban J connectivity index is 2.19. The summed E-state index contributed by atoms with van der Waals surface area (Å²) < 4.78 is 93.0. The first-order chi connectivity index (χ1) is 14.7. The highest BCUT2D eigenvalue weighted by atomic mass is 32.2. The average Bonchev–Trinajstić information content (AvgIpc) is 2.70. The van der Waals surface area contributed by atoms with E-state index in [1.54, 1.807) is 0 Å². The first-order valence-electron chi connectivity index (χ1n) is 8.68. The first-order valence-corrected chi connectivity index (χ1v) is 10.1. The number of pyridine rings is 1. The first kappa shape index (κ1) is 22.3. The molecule has 3 rings (SSSR count). The van der Waals surface area contributed by atoms with Crippen LogP contribution in [0.15, 0.2) is 53.4 Å². The minimum Gasteiger partial charge on any atom is -0.497 e. The van der Waals surface area contributed by atoms with Crippen LogP contribution in [-0.2, 0) is 16.6 Å². The molecule has 0 amide bonds. The van der Waals surface area contributed by atoms with Crippen molar-refractivity contribution < 1.29 is 35.5 Å². The highest BCUT2D eigenvalue weighted by Crippen LogP contribution is 2.32. The van der Waals surface area contributed by atoms with E-state index >= 15 is 0 Å². The van der Waals surface area contributed by atoms with E-state index in [0.29, 0.717) is 10.1 Å². The number of rotatable bonds is 7. The number of methoxy groups -OCH3 is 2. The fourth-order valence-corrected chi connectivity index (χ4v) is 4.34. The minimum absolute atomic E-state index is 0.205. The third-order valence-electron chi connectivity index (χ3n) is 4.28. The topological polar surface area (TPSA) is 68.7 Å². The SMILES string of the molecule is COc1ccc(CN(c2cccc(F)n2)S(=O)(=O)c2c(F)cc(F)cc2F)c(OC)c1. The Morgan fingerprint density at radius 1 is 0.935 bits per heavy atom. The average molecular weight is 456 g/mol. The van der Waals surface area contributed by atoms with Crippen molar-refractivity contribution in [3.05, 3.63) is 77.5 Å². The number of halogens is 4. The Bertz CT molecular complexity index is 1200. The predicted octanol–water partition coefficient (Wildman–Crippen LogP) is 4.05. The number of anilines is 1. The third kappa shape index (κ3) is 4.55. The van der Waals surface area contributed by atoms with Gasteiger partial charge < -0.3 is 9.47 Å². The molecule has 11 heteroatoms. The summed E-state index contributed by atoms with van der Waals surface area (Å²) in [6, 6.07) is 8.23. The second kappa shape index (κ2) is 8.80. The van der Waals surface area contributed by atoms with Gasteiger partial charge in [0.2, 0.25) is 5.95 Å². The van der Waals surface area contributed by atoms with Crippen LogP contribution in [0.1, 0.15) is 5.56 Å². The zero-order valence-electron chi connectivity index (χ0n) is 16.3. The van der Waals surface area contributed by atoms with Crippen LogP contribution in [0.5, 0.6) is 11.5 Å². The van der Waals surface area contributed by atoms with Gasteiger partial charge in [-0.15, -0.1) is 0 Å². The number of nitrogens with zero attached hydrogens (tertiary/aromatic N) is 2. The molecule has 0 saturated carbocycles. The van der Waals surface area contributed by atoms with Gasteiger partial charge in [-0.25, -0.2) is 30.9 Å². The molecule has 0 aliphatic heterocycles. The highest BCUT2D eigenvalue weighted by Gasteiger charge is 2.33. The van der Waals surface area contributed by atoms with Gasteiger partial charge in [0, 0.05) is 23.8 Å². The van der Waals surface area contributed by atoms with Gasteiger partial charge in [-0.3, -0.25) is 0 Å². The van der Waals surface area contributed by atoms with E-state index in [0.717, 1.165) is 12.1 Å². The number of benzene rings is 2. The minimum atomic E-state index is -4.99. The van der Waals surface area contributed by atoms with Crippen LogP contribution in [0.4, 0.5) is 23.4 Å². The summed E-state index contributed by atoms with van der Waals surface area (Å²) in [6.07, 6.45) is 0. The quantitative estimate of drug-likeness (QED) is 0.396. The lowest BCUT2D eigenvalue weighted by molar-refractivity contribution is 0.391. The van der Waals surface area contributed by atoms with Crippen molar-refractivity contribution >= 4 is 15.8 Å². The summed E-state index contributed by atoms with van der Waals surface area (Å²) in [5.74, 6) is -5.41. The van der Waals surface area contributed by atoms with Crippen LogP contribution in [-0.4, -0.2) is 27.6 Å². The molecule has 6 nitrogen and oxygen atoms in total. The van der Waals surface area contributed by atoms with Crippen molar-refractivity contribution in [2.45, 2.75) is 11.4 Å². The Labute approximate surface area is 175 Å². The fraction of sp³-hybridized carbons (Fsp3) is 0.150. The van der Waals surface area contributed by atoms with Gasteiger partial charge >= 0.3 is 0 Å². The second-order valence-corrected chi connectivity index (χ2v) is 8.01. The number of aromatic nitrogens is 1. The van der Waals surface area contributed by atoms with Crippen molar-refractivity contribution in [1.29, 1.82) is 0 Å². The van der Waals surface area contributed by atoms with Gasteiger partial charge in [-0.1, -0.05) is 6.07 Å². The van der Waals surface area contributed by atoms with Crippen molar-refractivity contribution in [2.24, 2.45) is 0 Å². The summed E-state index contributed by atoms with van der Waals surface area (Å²) >= 11 is 0. The lowest BCUT2D eigenvalue weighted by Crippen LogP contribution is -2.33. The summed E-state index contributed by atoms with van der Waals surface area (Å²) in [7, 11) is -2.24. The summed E-state index contributed by atoms with van der Waals surface area (Å²) in [5.41, 5.74) is 0.265. The molecule has 0 fully saturated rings. The smallest absolute Gasteiger partial charge is 0.271 e. The highest BCUT2D eigenvalue weighted by molar-refractivity contribution is 7.92. The molecular weight excluding hydrogens is 440 g/mol. The van der Waals surface area contributed by atoms with Crippen LogP contribution < -0.4 is 13.8 Å². The van der Waals surface area contributed by atoms with Gasteiger partial charge in [-0.05, 0) is 24.3 Å². The van der Waals surface area contributed by atoms with Gasteiger partial charge in [-0.2, -0.15) is 4.39 Å². The molecule has 0 saturated heterocycles. The number of sulfonamides is 1. The van der Waals surface area contributed by atoms with E-state index in [9.17, 15) is 26.0 Å². The Hall–Kier alpha value is -3.34. The maximum Gasteiger partial charge on any atom is 0.271 e. The van der Waals surface area contributed by atoms with Crippen molar-refractivity contribution in [3.63, 3.8) is 0 Å². The molecule has 0 aliphatic carbocycles. The molecule has 0 unspecified atom stereocenters. The lowest BCUT2D eigenvalue weighted by Gasteiger charge is -2.25. The molecule has 0 atom stereocenters. The molecule has 1 heterocycles. The fourth-order valence-electron chi connectivity index (χ4n) is 2.85. The van der Waals surface area contributed by atoms with Gasteiger partial charge in [0.05, 0.1) is 20.8 Å². The van der Waals surface area contributed by atoms with E-state index in [1.165, 1.54) is 38.5 Å². The normalized spacial score (nSPS) is 11.3. The van der Waals surface area contributed by atoms with Gasteiger partial charge in [0.1, 0.15) is 34.8 Å². The maximum atomic E-state index is 14.3. The largest absolute Gasteiger partial charge is 0.497 e. The van der Waals surface area contributed by atoms with Crippen molar-refractivity contribution in [2.75, 3.05) is 18.5 Å². The third-order valence-corrected chi connectivity index (χ3v) is 6.08. The monoisotopic (exact) mass is 456 g/mol. The standard InChI is InChI=1S/C20H16F4N2O4S/c1-29-14-7-6-12(17(10-14)30-2)11-26(19-5-3-4-18(24)25-19)31(27,28)20-15(22)8-13(21)9-16(20)23/h3-10H,11H2,1-2H3. The zero-order chi connectivity index (χ0) is 22.8. The summed E-state index contributed by atoms with van der Waals surface area (Å²) in [6.45, 7) is -0.526. The predicted molar refractivity (Wildman–Crippen MR) is 103 cm³/mol. The number of hydrogen-bond acceptors (Lipinski definition) is 5. The number of hydrogen-bond donors (Lipinski definition) is 0. The zero-order valence-corrected chi connectivity index (χ0v) is 17.1. The Kier molecular flexibility index (Phi) is 6.34. The molecule has 31 heavy (non-hydrogen) atoms. The Morgan fingerprint density at radius 3 is 2.19 bits per heavy atom. The van der Waals surface area contributed by atoms with Crippen LogP contribution in [0.25, 0.3) is 0 Å². The molecule has 0 N–H and O–H groups in total. The van der Waals surface area contributed by atoms with Crippen LogP contribution in [0, 0.1) is 23.4 Å². The molecule has 2 aromatic carbocycles. The van der Waals surface area contributed by atoms with Crippen LogP contribution >= 0.6 is 0 Å². The van der Waals surface area contributed by atoms with Crippen LogP contribution in [0.3, 0.4) is 0 Å². The van der Waals surface area contributed by atoms with E-state index in [2.05, 4.69) is 4.98 Å². The Morgan fingerprint density at radius 2 is 1.61 bits per heavy atom. The summed E-state index contributed by atoms with van der Waals surface area (Å²) in [5, 5.41) is 0. The summed E-state index contributed by atoms with van der Waals surface area (Å²) in [4.78, 5) is 2.13. The number of ether oxygens (including phenoxy) is 2. The van der Waals surface area contributed by atoms with Gasteiger partial charge in [0.15, 0.2) is 4.90 Å². The van der Waals surface area contributed by atoms with E-state index in [4.69, 9.17) is 9.47 Å². The van der Waals surface area contributed by atoms with Gasteiger partial charge in [0.25, 0.3) is 10.0 Å². The molecule has 0 aliphatic rings. The van der Waals surface area contributed by atoms with E-state index in [-0.39, 0.29) is 23.4 Å². The lowest BCUT2D eigenvalue weighted by atomic mass is 10.2. The molecule has 0 spiro atoms. The molecule has 1 aromatic heterocycles. The molecule has 0 bridgehead atoms. The van der Waals surface area contributed by atoms with E-state index in [1.807, 2.05) is 0 Å². The van der Waals surface area contributed by atoms with Crippen molar-refractivity contribution in [1.82, 2.24) is 4.98 Å². The molecule has 164 valence electrons. The van der Waals surface area contributed by atoms with Crippen LogP contribution in [0.2, 0.25) is 0 Å². The molecule has 0 radical (unpaired) electrons. The van der Waals surface area contributed by atoms with Crippen molar-refractivity contribution in [3.8, 4) is 11.5 Å². The molecular formula is C20H16F4N2O4S.